The van der Waals surface area contributed by atoms with Crippen molar-refractivity contribution in [3.63, 3.8) is 0 Å². The Morgan fingerprint density at radius 3 is 2.26 bits per heavy atom. The molecule has 1 N–H and O–H groups in total. The van der Waals surface area contributed by atoms with Gasteiger partial charge in [-0.15, -0.1) is 5.10 Å². The van der Waals surface area contributed by atoms with Crippen LogP contribution in [0, 0.1) is 0 Å². The van der Waals surface area contributed by atoms with E-state index in [9.17, 15) is 4.79 Å². The van der Waals surface area contributed by atoms with Gasteiger partial charge in [0.1, 0.15) is 11.5 Å². The summed E-state index contributed by atoms with van der Waals surface area (Å²) in [7, 11) is 1.59. The van der Waals surface area contributed by atoms with E-state index < -0.39 is 5.91 Å². The van der Waals surface area contributed by atoms with Crippen molar-refractivity contribution >= 4 is 11.6 Å². The van der Waals surface area contributed by atoms with Gasteiger partial charge in [-0.25, -0.2) is 9.67 Å². The highest BCUT2D eigenvalue weighted by Gasteiger charge is 2.19. The Balaban J connectivity index is 1.68. The second kappa shape index (κ2) is 9.13. The average Bonchev–Trinajstić information content (AvgIpc) is 3.27. The van der Waals surface area contributed by atoms with Crippen molar-refractivity contribution in [3.05, 3.63) is 84.7 Å². The molecule has 0 aliphatic rings. The first kappa shape index (κ1) is 20.2. The van der Waals surface area contributed by atoms with Crippen molar-refractivity contribution in [2.75, 3.05) is 19.0 Å². The summed E-state index contributed by atoms with van der Waals surface area (Å²) in [5, 5.41) is 7.32. The summed E-state index contributed by atoms with van der Waals surface area (Å²) in [6.45, 7) is 2.53. The number of rotatable bonds is 7. The van der Waals surface area contributed by atoms with E-state index >= 15 is 0 Å². The predicted molar refractivity (Wildman–Crippen MR) is 119 cm³/mol. The van der Waals surface area contributed by atoms with Crippen LogP contribution < -0.4 is 14.8 Å². The fourth-order valence-corrected chi connectivity index (χ4v) is 3.07. The molecular weight excluding hydrogens is 392 g/mol. The van der Waals surface area contributed by atoms with E-state index in [1.807, 2.05) is 61.5 Å². The lowest BCUT2D eigenvalue weighted by Gasteiger charge is -2.07. The first-order chi connectivity index (χ1) is 15.2. The van der Waals surface area contributed by atoms with Gasteiger partial charge in [-0.1, -0.05) is 30.3 Å². The normalized spacial score (nSPS) is 10.5. The fraction of sp³-hybridized carbons (Fsp3) is 0.125. The van der Waals surface area contributed by atoms with Gasteiger partial charge in [0.25, 0.3) is 5.91 Å². The van der Waals surface area contributed by atoms with Crippen LogP contribution in [-0.4, -0.2) is 34.4 Å². The molecule has 1 amide bonds. The van der Waals surface area contributed by atoms with E-state index in [-0.39, 0.29) is 5.82 Å². The van der Waals surface area contributed by atoms with E-state index in [2.05, 4.69) is 15.4 Å². The molecule has 0 saturated heterocycles. The third kappa shape index (κ3) is 4.56. The molecule has 1 aromatic heterocycles. The van der Waals surface area contributed by atoms with Crippen molar-refractivity contribution in [3.8, 4) is 28.6 Å². The van der Waals surface area contributed by atoms with Gasteiger partial charge in [0, 0.05) is 11.3 Å². The van der Waals surface area contributed by atoms with Gasteiger partial charge in [-0.3, -0.25) is 4.79 Å². The number of benzene rings is 3. The molecule has 0 unspecified atom stereocenters. The van der Waals surface area contributed by atoms with E-state index in [4.69, 9.17) is 9.47 Å². The molecule has 0 bridgehead atoms. The highest BCUT2D eigenvalue weighted by molar-refractivity contribution is 6.01. The third-order valence-electron chi connectivity index (χ3n) is 4.58. The standard InChI is InChI=1S/C24H22N4O3/c1-3-31-21-15-11-19(12-16-21)28-23(17-7-5-4-6-8-17)26-22(27-28)24(29)25-18-9-13-20(30-2)14-10-18/h4-16H,3H2,1-2H3,(H,25,29). The van der Waals surface area contributed by atoms with Crippen LogP contribution in [0.3, 0.4) is 0 Å². The van der Waals surface area contributed by atoms with E-state index in [0.717, 1.165) is 17.0 Å². The quantitative estimate of drug-likeness (QED) is 0.478. The van der Waals surface area contributed by atoms with Gasteiger partial charge in [-0.05, 0) is 55.5 Å². The molecule has 7 nitrogen and oxygen atoms in total. The van der Waals surface area contributed by atoms with Crippen LogP contribution in [0.25, 0.3) is 17.1 Å². The van der Waals surface area contributed by atoms with Crippen LogP contribution in [-0.2, 0) is 0 Å². The van der Waals surface area contributed by atoms with Crippen molar-refractivity contribution in [2.45, 2.75) is 6.92 Å². The average molecular weight is 414 g/mol. The van der Waals surface area contributed by atoms with Gasteiger partial charge >= 0.3 is 0 Å². The lowest BCUT2D eigenvalue weighted by molar-refractivity contribution is 0.101. The minimum absolute atomic E-state index is 0.0727. The molecule has 0 aliphatic carbocycles. The Kier molecular flexibility index (Phi) is 5.93. The van der Waals surface area contributed by atoms with Gasteiger partial charge < -0.3 is 14.8 Å². The monoisotopic (exact) mass is 414 g/mol. The summed E-state index contributed by atoms with van der Waals surface area (Å²) < 4.78 is 12.3. The Hall–Kier alpha value is -4.13. The molecule has 0 aliphatic heterocycles. The minimum atomic E-state index is -0.396. The zero-order valence-electron chi connectivity index (χ0n) is 17.3. The van der Waals surface area contributed by atoms with Gasteiger partial charge in [0.15, 0.2) is 5.82 Å². The maximum Gasteiger partial charge on any atom is 0.295 e. The number of hydrogen-bond donors (Lipinski definition) is 1. The van der Waals surface area contributed by atoms with Crippen molar-refractivity contribution in [2.24, 2.45) is 0 Å². The lowest BCUT2D eigenvalue weighted by atomic mass is 10.2. The van der Waals surface area contributed by atoms with Crippen LogP contribution in [0.1, 0.15) is 17.5 Å². The number of carbonyl (C=O) groups excluding carboxylic acids is 1. The Morgan fingerprint density at radius 2 is 1.61 bits per heavy atom. The molecule has 0 saturated carbocycles. The Labute approximate surface area is 180 Å². The number of carbonyl (C=O) groups is 1. The second-order valence-corrected chi connectivity index (χ2v) is 6.65. The SMILES string of the molecule is CCOc1ccc(-n2nc(C(=O)Nc3ccc(OC)cc3)nc2-c2ccccc2)cc1. The summed E-state index contributed by atoms with van der Waals surface area (Å²) in [5.41, 5.74) is 2.26. The topological polar surface area (TPSA) is 78.3 Å². The van der Waals surface area contributed by atoms with Crippen LogP contribution in [0.4, 0.5) is 5.69 Å². The van der Waals surface area contributed by atoms with Crippen molar-refractivity contribution in [1.82, 2.24) is 14.8 Å². The maximum atomic E-state index is 12.8. The molecule has 156 valence electrons. The third-order valence-corrected chi connectivity index (χ3v) is 4.58. The molecule has 3 aromatic carbocycles. The molecule has 0 atom stereocenters. The summed E-state index contributed by atoms with van der Waals surface area (Å²) in [6, 6.07) is 24.2. The van der Waals surface area contributed by atoms with Gasteiger partial charge in [-0.2, -0.15) is 0 Å². The highest BCUT2D eigenvalue weighted by Crippen LogP contribution is 2.23. The molecule has 4 aromatic rings. The van der Waals surface area contributed by atoms with E-state index in [0.29, 0.717) is 23.9 Å². The first-order valence-electron chi connectivity index (χ1n) is 9.89. The highest BCUT2D eigenvalue weighted by atomic mass is 16.5. The zero-order valence-corrected chi connectivity index (χ0v) is 17.3. The summed E-state index contributed by atoms with van der Waals surface area (Å²) in [4.78, 5) is 17.4. The summed E-state index contributed by atoms with van der Waals surface area (Å²) in [5.74, 6) is 1.73. The van der Waals surface area contributed by atoms with Gasteiger partial charge in [0.2, 0.25) is 5.82 Å². The number of aromatic nitrogens is 3. The number of anilines is 1. The molecule has 0 fully saturated rings. The molecule has 4 rings (SSSR count). The van der Waals surface area contributed by atoms with E-state index in [1.54, 1.807) is 36.1 Å². The smallest absolute Gasteiger partial charge is 0.295 e. The van der Waals surface area contributed by atoms with Gasteiger partial charge in [0.05, 0.1) is 19.4 Å². The first-order valence-corrected chi connectivity index (χ1v) is 9.89. The number of amides is 1. The van der Waals surface area contributed by atoms with Crippen LogP contribution in [0.5, 0.6) is 11.5 Å². The largest absolute Gasteiger partial charge is 0.497 e. The van der Waals surface area contributed by atoms with E-state index in [1.165, 1.54) is 0 Å². The predicted octanol–water partition coefficient (Wildman–Crippen LogP) is 4.59. The summed E-state index contributed by atoms with van der Waals surface area (Å²) >= 11 is 0. The maximum absolute atomic E-state index is 12.8. The molecule has 31 heavy (non-hydrogen) atoms. The number of hydrogen-bond acceptors (Lipinski definition) is 5. The molecule has 7 heteroatoms. The minimum Gasteiger partial charge on any atom is -0.497 e. The molecular formula is C24H22N4O3. The Bertz CT molecular complexity index is 1150. The van der Waals surface area contributed by atoms with Crippen LogP contribution in [0.15, 0.2) is 78.9 Å². The van der Waals surface area contributed by atoms with Crippen molar-refractivity contribution in [1.29, 1.82) is 0 Å². The number of nitrogens with zero attached hydrogens (tertiary/aromatic N) is 3. The number of methoxy groups -OCH3 is 1. The molecule has 0 spiro atoms. The number of ether oxygens (including phenoxy) is 2. The Morgan fingerprint density at radius 1 is 0.935 bits per heavy atom. The summed E-state index contributed by atoms with van der Waals surface area (Å²) in [6.07, 6.45) is 0. The lowest BCUT2D eigenvalue weighted by Crippen LogP contribution is -2.14. The zero-order chi connectivity index (χ0) is 21.6. The molecule has 1 heterocycles. The van der Waals surface area contributed by atoms with Crippen LogP contribution in [0.2, 0.25) is 0 Å². The van der Waals surface area contributed by atoms with Crippen LogP contribution >= 0.6 is 0 Å². The second-order valence-electron chi connectivity index (χ2n) is 6.65. The number of nitrogens with one attached hydrogen (secondary N) is 1. The fourth-order valence-electron chi connectivity index (χ4n) is 3.07. The molecule has 0 radical (unpaired) electrons. The van der Waals surface area contributed by atoms with Crippen molar-refractivity contribution < 1.29 is 14.3 Å².